The lowest BCUT2D eigenvalue weighted by Crippen LogP contribution is -2.74. The summed E-state index contributed by atoms with van der Waals surface area (Å²) in [5.74, 6) is 2.29. The third-order valence-electron chi connectivity index (χ3n) is 12.2. The Morgan fingerprint density at radius 2 is 1.18 bits per heavy atom. The van der Waals surface area contributed by atoms with Crippen LogP contribution in [0.5, 0.6) is 23.0 Å². The Morgan fingerprint density at radius 1 is 0.700 bits per heavy atom. The zero-order chi connectivity index (χ0) is 43.9. The van der Waals surface area contributed by atoms with Gasteiger partial charge in [0.05, 0.1) is 36.7 Å². The zero-order valence-electron chi connectivity index (χ0n) is 36.8. The molecule has 0 spiro atoms. The van der Waals surface area contributed by atoms with E-state index in [-0.39, 0.29) is 48.3 Å². The number of carbonyl (C=O) groups is 2. The van der Waals surface area contributed by atoms with Gasteiger partial charge in [0.2, 0.25) is 0 Å². The molecule has 0 atom stereocenters. The van der Waals surface area contributed by atoms with Gasteiger partial charge in [0, 0.05) is 45.9 Å². The summed E-state index contributed by atoms with van der Waals surface area (Å²) in [4.78, 5) is 40.1. The fraction of sp³-hybridized carbons (Fsp3) is 0.478. The summed E-state index contributed by atoms with van der Waals surface area (Å²) in [6, 6.07) is 18.7. The predicted molar refractivity (Wildman–Crippen MR) is 225 cm³/mol. The number of amides is 2. The number of ether oxygens (including phenoxy) is 4. The first-order chi connectivity index (χ1) is 28.2. The second kappa shape index (κ2) is 16.1. The second-order valence-corrected chi connectivity index (χ2v) is 18.1. The van der Waals surface area contributed by atoms with Gasteiger partial charge in [-0.05, 0) is 57.2 Å². The Hall–Kier alpha value is -6.28. The highest BCUT2D eigenvalue weighted by Gasteiger charge is 2.65. The molecule has 2 aliphatic rings. The van der Waals surface area contributed by atoms with E-state index in [9.17, 15) is 14.9 Å². The van der Waals surface area contributed by atoms with Crippen LogP contribution in [0.15, 0.2) is 48.5 Å². The molecule has 14 heteroatoms. The van der Waals surface area contributed by atoms with Crippen LogP contribution in [0.4, 0.5) is 0 Å². The van der Waals surface area contributed by atoms with Crippen LogP contribution in [-0.2, 0) is 6.54 Å². The Labute approximate surface area is 352 Å². The van der Waals surface area contributed by atoms with E-state index in [1.807, 2.05) is 66.7 Å². The Kier molecular flexibility index (Phi) is 11.6. The fourth-order valence-corrected chi connectivity index (χ4v) is 9.94. The van der Waals surface area contributed by atoms with E-state index in [0.29, 0.717) is 62.6 Å². The average Bonchev–Trinajstić information content (AvgIpc) is 3.19. The molecule has 14 nitrogen and oxygen atoms in total. The van der Waals surface area contributed by atoms with Gasteiger partial charge in [-0.15, -0.1) is 10.2 Å². The van der Waals surface area contributed by atoms with Crippen molar-refractivity contribution in [3.05, 3.63) is 98.7 Å². The minimum atomic E-state index is -0.423. The molecule has 0 unspecified atom stereocenters. The molecule has 0 radical (unpaired) electrons. The maximum atomic E-state index is 13.4. The summed E-state index contributed by atoms with van der Waals surface area (Å²) in [6.45, 7) is 22.2. The number of methoxy groups -OCH3 is 2. The molecule has 0 aliphatic heterocycles. The quantitative estimate of drug-likeness (QED) is 0.157. The summed E-state index contributed by atoms with van der Waals surface area (Å²) in [5, 5.41) is 24.2. The molecule has 2 aromatic carbocycles. The van der Waals surface area contributed by atoms with Crippen molar-refractivity contribution in [2.75, 3.05) is 14.2 Å². The zero-order valence-corrected chi connectivity index (χ0v) is 36.8. The minimum absolute atomic E-state index is 0.168. The molecule has 314 valence electrons. The summed E-state index contributed by atoms with van der Waals surface area (Å²) < 4.78 is 24.0. The smallest absolute Gasteiger partial charge is 0.315 e. The Balaban J connectivity index is 1.05. The third kappa shape index (κ3) is 7.91. The molecule has 60 heavy (non-hydrogen) atoms. The molecule has 2 N–H and O–H groups in total. The fourth-order valence-electron chi connectivity index (χ4n) is 9.94. The van der Waals surface area contributed by atoms with Crippen molar-refractivity contribution >= 4 is 11.8 Å². The Bertz CT molecular complexity index is 2370. The van der Waals surface area contributed by atoms with Gasteiger partial charge in [-0.2, -0.15) is 5.26 Å². The number of nitrogens with one attached hydrogen (secondary N) is 2. The number of hydrogen-bond donors (Lipinski definition) is 2. The van der Waals surface area contributed by atoms with Gasteiger partial charge in [-0.3, -0.25) is 9.59 Å². The van der Waals surface area contributed by atoms with Gasteiger partial charge in [0.1, 0.15) is 58.4 Å². The van der Waals surface area contributed by atoms with E-state index < -0.39 is 21.7 Å². The largest absolute Gasteiger partial charge is 0.495 e. The van der Waals surface area contributed by atoms with Crippen LogP contribution in [0.25, 0.3) is 4.85 Å². The summed E-state index contributed by atoms with van der Waals surface area (Å²) in [7, 11) is 3.09. The number of benzene rings is 2. The topological polar surface area (TPSA) is 175 Å². The van der Waals surface area contributed by atoms with Crippen molar-refractivity contribution in [2.45, 2.75) is 107 Å². The number of carbonyl (C=O) groups excluding carboxylic acids is 2. The number of hydrogen-bond acceptors (Lipinski definition) is 11. The van der Waals surface area contributed by atoms with Crippen molar-refractivity contribution < 1.29 is 28.5 Å². The molecule has 2 fully saturated rings. The van der Waals surface area contributed by atoms with Gasteiger partial charge in [0.15, 0.2) is 5.69 Å². The molecule has 2 saturated carbocycles. The first-order valence-corrected chi connectivity index (χ1v) is 19.9. The van der Waals surface area contributed by atoms with E-state index in [4.69, 9.17) is 18.9 Å². The highest BCUT2D eigenvalue weighted by Crippen LogP contribution is 2.57. The van der Waals surface area contributed by atoms with Crippen LogP contribution in [-0.4, -0.2) is 70.5 Å². The summed E-state index contributed by atoms with van der Waals surface area (Å²) in [5.41, 5.74) is 1.98. The lowest BCUT2D eigenvalue weighted by molar-refractivity contribution is -0.164. The van der Waals surface area contributed by atoms with Crippen molar-refractivity contribution in [1.29, 1.82) is 5.26 Å². The van der Waals surface area contributed by atoms with Crippen LogP contribution in [0.3, 0.4) is 0 Å². The first kappa shape index (κ1) is 43.3. The minimum Gasteiger partial charge on any atom is -0.495 e. The standard InChI is InChI=1S/C46H54N8O6/c1-25-36(26(2)50-27(3)49-25)38(56)52-40-45(8,9)42(46(40,10)11)60-32-18-15-29(35(21-32)58-13)23-48-24-30-16-19-33(54-53-30)37(55)51-39-43(4,5)41(44(39,6)7)59-31-17-14-28(22-47)34(20-31)57-12/h14-21,39-42H,24H2,1-13H3,(H-,51,52,55,56)/p+1. The van der Waals surface area contributed by atoms with Gasteiger partial charge < -0.3 is 29.6 Å². The van der Waals surface area contributed by atoms with Crippen LogP contribution < -0.4 is 29.6 Å². The van der Waals surface area contributed by atoms with Crippen LogP contribution in [0, 0.1) is 59.8 Å². The van der Waals surface area contributed by atoms with Gasteiger partial charge in [-0.25, -0.2) is 9.97 Å². The number of rotatable bonds is 11. The average molecular weight is 816 g/mol. The van der Waals surface area contributed by atoms with E-state index in [1.165, 1.54) is 7.11 Å². The number of aromatic nitrogens is 4. The molecular formula is C46H55N8O6+. The molecule has 2 aromatic heterocycles. The lowest BCUT2D eigenvalue weighted by atomic mass is 9.49. The SMILES string of the molecule is COc1cc(OC2C(C)(C)C(NC(=O)c3ccc(C[N+]#Cc4ccc(OC5C(C)(C)C(NC(=O)c6c(C)nc(C)nc6C)C5(C)C)cc4OC)nn3)C2(C)C)ccc1C#N. The lowest BCUT2D eigenvalue weighted by Gasteiger charge is -2.63. The van der Waals surface area contributed by atoms with Gasteiger partial charge in [0.25, 0.3) is 11.8 Å². The van der Waals surface area contributed by atoms with Crippen LogP contribution >= 0.6 is 0 Å². The summed E-state index contributed by atoms with van der Waals surface area (Å²) >= 11 is 0. The molecule has 2 heterocycles. The van der Waals surface area contributed by atoms with Crippen molar-refractivity contribution in [3.63, 3.8) is 0 Å². The normalized spacial score (nSPS) is 21.3. The maximum Gasteiger partial charge on any atom is 0.315 e. The van der Waals surface area contributed by atoms with E-state index in [1.54, 1.807) is 37.4 Å². The maximum absolute atomic E-state index is 13.4. The van der Waals surface area contributed by atoms with E-state index in [2.05, 4.69) is 75.5 Å². The van der Waals surface area contributed by atoms with Gasteiger partial charge >= 0.3 is 12.6 Å². The molecular weight excluding hydrogens is 761 g/mol. The Morgan fingerprint density at radius 3 is 1.65 bits per heavy atom. The molecule has 2 aliphatic carbocycles. The van der Waals surface area contributed by atoms with Crippen LogP contribution in [0.2, 0.25) is 0 Å². The highest BCUT2D eigenvalue weighted by molar-refractivity contribution is 5.96. The molecule has 6 rings (SSSR count). The van der Waals surface area contributed by atoms with E-state index in [0.717, 1.165) is 0 Å². The molecule has 2 amide bonds. The summed E-state index contributed by atoms with van der Waals surface area (Å²) in [6.07, 6.45) is -0.449. The monoisotopic (exact) mass is 815 g/mol. The van der Waals surface area contributed by atoms with Crippen molar-refractivity contribution in [2.24, 2.45) is 21.7 Å². The molecule has 0 bridgehead atoms. The van der Waals surface area contributed by atoms with Crippen LogP contribution in [0.1, 0.15) is 110 Å². The molecule has 4 aromatic rings. The third-order valence-corrected chi connectivity index (χ3v) is 12.2. The van der Waals surface area contributed by atoms with E-state index >= 15 is 0 Å². The number of nitriles is 1. The van der Waals surface area contributed by atoms with Crippen molar-refractivity contribution in [1.82, 2.24) is 30.8 Å². The predicted octanol–water partition coefficient (Wildman–Crippen LogP) is 7.19. The second-order valence-electron chi connectivity index (χ2n) is 18.1. The van der Waals surface area contributed by atoms with Crippen molar-refractivity contribution in [3.8, 4) is 35.1 Å². The number of nitrogens with zero attached hydrogens (tertiary/aromatic N) is 6. The first-order valence-electron chi connectivity index (χ1n) is 19.9. The molecule has 0 saturated heterocycles. The highest BCUT2D eigenvalue weighted by atomic mass is 16.5. The van der Waals surface area contributed by atoms with Gasteiger partial charge in [-0.1, -0.05) is 60.2 Å². The number of aryl methyl sites for hydroxylation is 3.